The van der Waals surface area contributed by atoms with Crippen LogP contribution in [0.4, 0.5) is 4.39 Å². The number of likely N-dealkylation sites (tertiary alicyclic amines) is 1. The van der Waals surface area contributed by atoms with Gasteiger partial charge in [-0.2, -0.15) is 0 Å². The standard InChI is InChI=1S/C21H33FN4O.HI/c1-3-23-21(24-16-9-12-26(13-10-16)11-6-14-27-2)25-20-15-18(20)17-7-4-5-8-19(17)22;/h4-5,7-8,16,18,20H,3,6,9-15H2,1-2H3,(H2,23,24,25);1H. The first-order chi connectivity index (χ1) is 13.2. The summed E-state index contributed by atoms with van der Waals surface area (Å²) in [5, 5.41) is 7.11. The molecular weight excluding hydrogens is 470 g/mol. The zero-order chi connectivity index (χ0) is 19.1. The molecule has 1 aromatic rings. The van der Waals surface area contributed by atoms with Gasteiger partial charge in [-0.3, -0.25) is 4.99 Å². The zero-order valence-electron chi connectivity index (χ0n) is 17.0. The molecule has 0 spiro atoms. The maximum Gasteiger partial charge on any atom is 0.191 e. The first-order valence-corrected chi connectivity index (χ1v) is 10.2. The first-order valence-electron chi connectivity index (χ1n) is 10.2. The Morgan fingerprint density at radius 1 is 1.25 bits per heavy atom. The first kappa shape index (κ1) is 23.3. The van der Waals surface area contributed by atoms with Crippen LogP contribution in [0.5, 0.6) is 0 Å². The van der Waals surface area contributed by atoms with Gasteiger partial charge in [-0.1, -0.05) is 18.2 Å². The number of benzene rings is 1. The number of rotatable bonds is 8. The Balaban J connectivity index is 0.00000280. The van der Waals surface area contributed by atoms with Crippen LogP contribution in [0.3, 0.4) is 0 Å². The molecule has 2 N–H and O–H groups in total. The van der Waals surface area contributed by atoms with Crippen molar-refractivity contribution in [1.82, 2.24) is 15.5 Å². The average molecular weight is 504 g/mol. The highest BCUT2D eigenvalue weighted by Gasteiger charge is 2.40. The molecule has 0 aromatic heterocycles. The molecule has 158 valence electrons. The van der Waals surface area contributed by atoms with E-state index >= 15 is 0 Å². The number of aliphatic imine (C=N–C) groups is 1. The van der Waals surface area contributed by atoms with E-state index in [1.54, 1.807) is 19.2 Å². The summed E-state index contributed by atoms with van der Waals surface area (Å²) in [5.74, 6) is 1.02. The quantitative estimate of drug-likeness (QED) is 0.247. The number of nitrogens with one attached hydrogen (secondary N) is 2. The molecule has 2 unspecified atom stereocenters. The molecule has 5 nitrogen and oxygen atoms in total. The Hall–Kier alpha value is -0.930. The molecule has 2 atom stereocenters. The predicted molar refractivity (Wildman–Crippen MR) is 123 cm³/mol. The van der Waals surface area contributed by atoms with Crippen LogP contribution < -0.4 is 10.6 Å². The molecule has 1 saturated heterocycles. The second kappa shape index (κ2) is 11.9. The Morgan fingerprint density at radius 3 is 2.68 bits per heavy atom. The maximum atomic E-state index is 14.0. The minimum atomic E-state index is -0.102. The molecule has 7 heteroatoms. The number of methoxy groups -OCH3 is 1. The maximum absolute atomic E-state index is 14.0. The molecule has 3 rings (SSSR count). The van der Waals surface area contributed by atoms with E-state index in [0.717, 1.165) is 70.0 Å². The second-order valence-electron chi connectivity index (χ2n) is 7.54. The van der Waals surface area contributed by atoms with Crippen LogP contribution in [0.15, 0.2) is 29.3 Å². The Labute approximate surface area is 185 Å². The molecule has 1 saturated carbocycles. The molecule has 2 aliphatic rings. The van der Waals surface area contributed by atoms with Gasteiger partial charge in [0.1, 0.15) is 5.82 Å². The normalized spacial score (nSPS) is 23.2. The van der Waals surface area contributed by atoms with Crippen LogP contribution in [-0.4, -0.2) is 62.8 Å². The van der Waals surface area contributed by atoms with Gasteiger partial charge in [0.15, 0.2) is 5.96 Å². The molecule has 0 amide bonds. The van der Waals surface area contributed by atoms with Crippen molar-refractivity contribution in [3.8, 4) is 0 Å². The van der Waals surface area contributed by atoms with Crippen molar-refractivity contribution < 1.29 is 9.13 Å². The fourth-order valence-electron chi connectivity index (χ4n) is 3.87. The van der Waals surface area contributed by atoms with E-state index < -0.39 is 0 Å². The van der Waals surface area contributed by atoms with Crippen LogP contribution in [0.1, 0.15) is 44.1 Å². The van der Waals surface area contributed by atoms with Crippen LogP contribution >= 0.6 is 24.0 Å². The summed E-state index contributed by atoms with van der Waals surface area (Å²) in [7, 11) is 1.76. The van der Waals surface area contributed by atoms with Crippen LogP contribution in [0.2, 0.25) is 0 Å². The highest BCUT2D eigenvalue weighted by Crippen LogP contribution is 2.41. The number of nitrogens with zero attached hydrogens (tertiary/aromatic N) is 2. The highest BCUT2D eigenvalue weighted by molar-refractivity contribution is 14.0. The number of ether oxygens (including phenoxy) is 1. The van der Waals surface area contributed by atoms with Gasteiger partial charge in [0.05, 0.1) is 0 Å². The van der Waals surface area contributed by atoms with Crippen LogP contribution in [-0.2, 0) is 4.74 Å². The van der Waals surface area contributed by atoms with E-state index in [0.29, 0.717) is 6.04 Å². The fraction of sp³-hybridized carbons (Fsp3) is 0.667. The topological polar surface area (TPSA) is 48.9 Å². The largest absolute Gasteiger partial charge is 0.385 e. The summed E-state index contributed by atoms with van der Waals surface area (Å²) in [4.78, 5) is 7.11. The van der Waals surface area contributed by atoms with E-state index in [4.69, 9.17) is 4.74 Å². The van der Waals surface area contributed by atoms with Gasteiger partial charge in [-0.15, -0.1) is 24.0 Å². The van der Waals surface area contributed by atoms with Crippen molar-refractivity contribution in [2.24, 2.45) is 4.99 Å². The molecule has 1 aromatic carbocycles. The number of halogens is 2. The minimum Gasteiger partial charge on any atom is -0.385 e. The smallest absolute Gasteiger partial charge is 0.191 e. The highest BCUT2D eigenvalue weighted by atomic mass is 127. The zero-order valence-corrected chi connectivity index (χ0v) is 19.3. The molecular formula is C21H34FIN4O. The minimum absolute atomic E-state index is 0. The Morgan fingerprint density at radius 2 is 2.00 bits per heavy atom. The fourth-order valence-corrected chi connectivity index (χ4v) is 3.87. The summed E-state index contributed by atoms with van der Waals surface area (Å²) in [6, 6.07) is 7.82. The lowest BCUT2D eigenvalue weighted by Gasteiger charge is -2.33. The van der Waals surface area contributed by atoms with Crippen molar-refractivity contribution in [2.45, 2.75) is 50.6 Å². The van der Waals surface area contributed by atoms with Gasteiger partial charge in [0, 0.05) is 57.9 Å². The number of piperidine rings is 1. The molecule has 1 aliphatic heterocycles. The molecule has 1 aliphatic carbocycles. The van der Waals surface area contributed by atoms with E-state index in [9.17, 15) is 4.39 Å². The lowest BCUT2D eigenvalue weighted by atomic mass is 10.1. The van der Waals surface area contributed by atoms with Gasteiger partial charge < -0.3 is 20.3 Å². The van der Waals surface area contributed by atoms with Gasteiger partial charge in [-0.25, -0.2) is 4.39 Å². The third-order valence-electron chi connectivity index (χ3n) is 5.48. The molecule has 1 heterocycles. The number of guanidine groups is 1. The van der Waals surface area contributed by atoms with Gasteiger partial charge >= 0.3 is 0 Å². The lowest BCUT2D eigenvalue weighted by molar-refractivity contribution is 0.155. The van der Waals surface area contributed by atoms with Gasteiger partial charge in [-0.05, 0) is 44.2 Å². The van der Waals surface area contributed by atoms with Crippen molar-refractivity contribution in [3.63, 3.8) is 0 Å². The SMILES string of the molecule is CCN=C(NC1CCN(CCCOC)CC1)NC1CC1c1ccccc1F.I. The molecule has 28 heavy (non-hydrogen) atoms. The third-order valence-corrected chi connectivity index (χ3v) is 5.48. The van der Waals surface area contributed by atoms with Crippen molar-refractivity contribution in [3.05, 3.63) is 35.6 Å². The van der Waals surface area contributed by atoms with Crippen LogP contribution in [0, 0.1) is 5.82 Å². The predicted octanol–water partition coefficient (Wildman–Crippen LogP) is 3.36. The summed E-state index contributed by atoms with van der Waals surface area (Å²) < 4.78 is 19.1. The average Bonchev–Trinajstić information content (AvgIpc) is 3.43. The van der Waals surface area contributed by atoms with E-state index in [1.807, 2.05) is 19.1 Å². The monoisotopic (exact) mass is 504 g/mol. The second-order valence-corrected chi connectivity index (χ2v) is 7.54. The summed E-state index contributed by atoms with van der Waals surface area (Å²) in [5.41, 5.74) is 0.815. The van der Waals surface area contributed by atoms with Crippen molar-refractivity contribution >= 4 is 29.9 Å². The van der Waals surface area contributed by atoms with Gasteiger partial charge in [0.25, 0.3) is 0 Å². The van der Waals surface area contributed by atoms with Gasteiger partial charge in [0.2, 0.25) is 0 Å². The molecule has 2 fully saturated rings. The summed E-state index contributed by atoms with van der Waals surface area (Å²) in [6.45, 7) is 6.95. The van der Waals surface area contributed by atoms with E-state index in [2.05, 4.69) is 20.5 Å². The Kier molecular flexibility index (Phi) is 9.94. The Bertz CT molecular complexity index is 622. The molecule has 0 radical (unpaired) electrons. The third kappa shape index (κ3) is 6.84. The number of hydrogen-bond acceptors (Lipinski definition) is 3. The van der Waals surface area contributed by atoms with E-state index in [-0.39, 0.29) is 41.8 Å². The number of hydrogen-bond donors (Lipinski definition) is 2. The summed E-state index contributed by atoms with van der Waals surface area (Å²) >= 11 is 0. The van der Waals surface area contributed by atoms with Crippen LogP contribution in [0.25, 0.3) is 0 Å². The lowest BCUT2D eigenvalue weighted by Crippen LogP contribution is -2.49. The summed E-state index contributed by atoms with van der Waals surface area (Å²) in [6.07, 6.45) is 4.30. The van der Waals surface area contributed by atoms with Crippen molar-refractivity contribution in [2.75, 3.05) is 39.9 Å². The van der Waals surface area contributed by atoms with Crippen molar-refractivity contribution in [1.29, 1.82) is 0 Å². The molecule has 0 bridgehead atoms. The van der Waals surface area contributed by atoms with E-state index in [1.165, 1.54) is 0 Å².